The van der Waals surface area contributed by atoms with Crippen LogP contribution in [0.25, 0.3) is 10.8 Å². The molecular formula is C30H42N2O5S. The van der Waals surface area contributed by atoms with Crippen molar-refractivity contribution in [3.05, 3.63) is 43.8 Å². The molecule has 3 aliphatic rings. The monoisotopic (exact) mass is 542 g/mol. The molecule has 3 fully saturated rings. The van der Waals surface area contributed by atoms with Crippen molar-refractivity contribution < 1.29 is 22.7 Å². The zero-order valence-corrected chi connectivity index (χ0v) is 23.8. The number of fused-ring (bicyclic) bond motifs is 3. The van der Waals surface area contributed by atoms with E-state index in [0.717, 1.165) is 62.3 Å². The van der Waals surface area contributed by atoms with Crippen LogP contribution < -0.4 is 10.1 Å². The summed E-state index contributed by atoms with van der Waals surface area (Å²) in [4.78, 5) is 13.5. The first kappa shape index (κ1) is 28.8. The van der Waals surface area contributed by atoms with Gasteiger partial charge in [-0.3, -0.25) is 0 Å². The number of carbonyl (C=O) groups excluding carboxylic acids is 1. The van der Waals surface area contributed by atoms with Crippen LogP contribution in [0.3, 0.4) is 0 Å². The summed E-state index contributed by atoms with van der Waals surface area (Å²) in [6, 6.07) is 10.8. The maximum absolute atomic E-state index is 14.1. The Kier molecular flexibility index (Phi) is 8.75. The van der Waals surface area contributed by atoms with Gasteiger partial charge in [0.25, 0.3) is 0 Å². The molecule has 2 saturated heterocycles. The number of nitrogens with one attached hydrogen (secondary N) is 1. The van der Waals surface area contributed by atoms with Gasteiger partial charge in [0.05, 0.1) is 10.9 Å². The Labute approximate surface area is 228 Å². The molecule has 2 heterocycles. The summed E-state index contributed by atoms with van der Waals surface area (Å²) >= 11 is 0. The van der Waals surface area contributed by atoms with E-state index in [1.54, 1.807) is 16.4 Å². The first-order chi connectivity index (χ1) is 17.6. The molecule has 208 valence electrons. The molecule has 2 radical (unpaired) electrons. The number of sulfonamides is 1. The fourth-order valence-electron chi connectivity index (χ4n) is 6.21. The van der Waals surface area contributed by atoms with E-state index in [4.69, 9.17) is 9.47 Å². The quantitative estimate of drug-likeness (QED) is 0.495. The highest BCUT2D eigenvalue weighted by Gasteiger charge is 2.39. The lowest BCUT2D eigenvalue weighted by Gasteiger charge is -2.33. The first-order valence-corrected chi connectivity index (χ1v) is 15.2. The second-order valence-electron chi connectivity index (χ2n) is 11.9. The van der Waals surface area contributed by atoms with Crippen LogP contribution in [0, 0.1) is 13.3 Å². The Hall–Kier alpha value is -2.16. The van der Waals surface area contributed by atoms with Crippen molar-refractivity contribution in [2.24, 2.45) is 5.92 Å². The fraction of sp³-hybridized carbons (Fsp3) is 0.600. The van der Waals surface area contributed by atoms with E-state index in [0.29, 0.717) is 18.2 Å². The maximum Gasteiger partial charge on any atom is 0.349 e. The van der Waals surface area contributed by atoms with E-state index in [1.807, 2.05) is 45.0 Å². The predicted octanol–water partition coefficient (Wildman–Crippen LogP) is 5.35. The van der Waals surface area contributed by atoms with Gasteiger partial charge in [0.1, 0.15) is 11.4 Å². The van der Waals surface area contributed by atoms with Gasteiger partial charge >= 0.3 is 5.97 Å². The summed E-state index contributed by atoms with van der Waals surface area (Å²) in [5, 5.41) is 4.92. The molecule has 2 aromatic carbocycles. The van der Waals surface area contributed by atoms with Gasteiger partial charge in [-0.15, -0.1) is 0 Å². The highest BCUT2D eigenvalue weighted by atomic mass is 32.2. The Balaban J connectivity index is 0.00000336. The van der Waals surface area contributed by atoms with Gasteiger partial charge in [0, 0.05) is 24.0 Å². The van der Waals surface area contributed by atoms with Gasteiger partial charge < -0.3 is 14.8 Å². The normalized spacial score (nSPS) is 25.3. The minimum Gasteiger partial charge on any atom is -0.476 e. The highest BCUT2D eigenvalue weighted by Crippen LogP contribution is 2.38. The molecule has 0 amide bonds. The molecule has 5 rings (SSSR count). The van der Waals surface area contributed by atoms with Crippen LogP contribution in [0.2, 0.25) is 0 Å². The molecule has 4 unspecified atom stereocenters. The molecule has 0 spiro atoms. The molecule has 1 N–H and O–H groups in total. The van der Waals surface area contributed by atoms with Crippen molar-refractivity contribution in [1.29, 1.82) is 0 Å². The first-order valence-electron chi connectivity index (χ1n) is 13.8. The van der Waals surface area contributed by atoms with Crippen molar-refractivity contribution in [2.75, 3.05) is 13.1 Å². The SMILES string of the molecule is CC(C)(C)OC(=O)C(Oc1cc(S(=O)(=O)N2CCCC3CCCC2C3)cc2ccccc12)C1CCCN1.[CH2]. The van der Waals surface area contributed by atoms with Gasteiger partial charge in [0.2, 0.25) is 16.1 Å². The Morgan fingerprint density at radius 2 is 1.82 bits per heavy atom. The number of rotatable bonds is 6. The van der Waals surface area contributed by atoms with Crippen LogP contribution in [0.1, 0.15) is 72.1 Å². The van der Waals surface area contributed by atoms with Crippen molar-refractivity contribution in [1.82, 2.24) is 9.62 Å². The third-order valence-corrected chi connectivity index (χ3v) is 9.84. The molecule has 0 aromatic heterocycles. The second-order valence-corrected chi connectivity index (χ2v) is 13.8. The number of carbonyl (C=O) groups is 1. The largest absolute Gasteiger partial charge is 0.476 e. The Morgan fingerprint density at radius 3 is 2.55 bits per heavy atom. The lowest BCUT2D eigenvalue weighted by Crippen LogP contribution is -2.47. The number of hydrogen-bond acceptors (Lipinski definition) is 6. The molecule has 38 heavy (non-hydrogen) atoms. The number of ether oxygens (including phenoxy) is 2. The van der Waals surface area contributed by atoms with E-state index < -0.39 is 27.7 Å². The van der Waals surface area contributed by atoms with Gasteiger partial charge in [-0.05, 0) is 83.2 Å². The van der Waals surface area contributed by atoms with E-state index in [-0.39, 0.29) is 24.4 Å². The van der Waals surface area contributed by atoms with Crippen LogP contribution in [-0.2, 0) is 19.6 Å². The van der Waals surface area contributed by atoms with E-state index >= 15 is 0 Å². The summed E-state index contributed by atoms with van der Waals surface area (Å²) in [5.74, 6) is 0.588. The minimum atomic E-state index is -3.73. The molecule has 2 aliphatic heterocycles. The number of nitrogens with zero attached hydrogens (tertiary/aromatic N) is 1. The van der Waals surface area contributed by atoms with Crippen molar-refractivity contribution in [2.45, 2.75) is 101 Å². The molecule has 8 heteroatoms. The van der Waals surface area contributed by atoms with E-state index in [9.17, 15) is 13.2 Å². The number of esters is 1. The smallest absolute Gasteiger partial charge is 0.349 e. The third-order valence-electron chi connectivity index (χ3n) is 7.91. The fourth-order valence-corrected chi connectivity index (χ4v) is 7.97. The molecule has 4 atom stereocenters. The number of hydrogen-bond donors (Lipinski definition) is 1. The van der Waals surface area contributed by atoms with Crippen LogP contribution in [0.15, 0.2) is 41.3 Å². The molecule has 2 bridgehead atoms. The topological polar surface area (TPSA) is 84.9 Å². The molecule has 1 aliphatic carbocycles. The van der Waals surface area contributed by atoms with Crippen molar-refractivity contribution in [3.63, 3.8) is 0 Å². The van der Waals surface area contributed by atoms with Crippen LogP contribution in [-0.4, -0.2) is 55.6 Å². The summed E-state index contributed by atoms with van der Waals surface area (Å²) < 4.78 is 42.0. The van der Waals surface area contributed by atoms with Gasteiger partial charge in [-0.2, -0.15) is 4.31 Å². The lowest BCUT2D eigenvalue weighted by molar-refractivity contribution is -0.164. The lowest BCUT2D eigenvalue weighted by atomic mass is 9.84. The van der Waals surface area contributed by atoms with Gasteiger partial charge in [-0.1, -0.05) is 44.5 Å². The van der Waals surface area contributed by atoms with Gasteiger partial charge in [0.15, 0.2) is 0 Å². The van der Waals surface area contributed by atoms with E-state index in [1.165, 1.54) is 6.42 Å². The highest BCUT2D eigenvalue weighted by molar-refractivity contribution is 7.89. The predicted molar refractivity (Wildman–Crippen MR) is 149 cm³/mol. The zero-order chi connectivity index (χ0) is 26.2. The molecule has 7 nitrogen and oxygen atoms in total. The molecular weight excluding hydrogens is 500 g/mol. The van der Waals surface area contributed by atoms with Gasteiger partial charge in [-0.25, -0.2) is 13.2 Å². The standard InChI is InChI=1S/C29H40N2O5S.CH2/c1-29(2,3)36-28(32)27(25-14-7-15-30-25)35-26-19-23(18-21-11-4-5-13-24(21)26)37(33,34)31-16-8-10-20-9-6-12-22(31)17-20;/h4-5,11,13,18-20,22,25,27,30H,6-10,12,14-17H2,1-3H3;1H2. The van der Waals surface area contributed by atoms with Crippen LogP contribution in [0.5, 0.6) is 5.75 Å². The second kappa shape index (κ2) is 11.5. The molecule has 1 saturated carbocycles. The minimum absolute atomic E-state index is 0. The van der Waals surface area contributed by atoms with Crippen molar-refractivity contribution >= 4 is 26.8 Å². The van der Waals surface area contributed by atoms with Crippen LogP contribution >= 0.6 is 0 Å². The zero-order valence-electron chi connectivity index (χ0n) is 22.9. The average Bonchev–Trinajstić information content (AvgIpc) is 3.33. The average molecular weight is 543 g/mol. The van der Waals surface area contributed by atoms with E-state index in [2.05, 4.69) is 5.32 Å². The number of benzene rings is 2. The summed E-state index contributed by atoms with van der Waals surface area (Å²) in [6.07, 6.45) is 7.01. The summed E-state index contributed by atoms with van der Waals surface area (Å²) in [7, 11) is -3.73. The van der Waals surface area contributed by atoms with Crippen LogP contribution in [0.4, 0.5) is 0 Å². The maximum atomic E-state index is 14.1. The van der Waals surface area contributed by atoms with Crippen molar-refractivity contribution in [3.8, 4) is 5.75 Å². The summed E-state index contributed by atoms with van der Waals surface area (Å²) in [6.45, 7) is 6.87. The Bertz CT molecular complexity index is 1230. The Morgan fingerprint density at radius 1 is 1.05 bits per heavy atom. The summed E-state index contributed by atoms with van der Waals surface area (Å²) in [5.41, 5.74) is -0.658. The third kappa shape index (κ3) is 6.18. The molecule has 2 aromatic rings.